The number of rotatable bonds is 4. The normalized spacial score (nSPS) is 12.9. The zero-order valence-electron chi connectivity index (χ0n) is 11.8. The van der Waals surface area contributed by atoms with Crippen molar-refractivity contribution in [3.05, 3.63) is 18.0 Å². The van der Waals surface area contributed by atoms with E-state index in [0.717, 1.165) is 0 Å². The van der Waals surface area contributed by atoms with Crippen LogP contribution in [-0.2, 0) is 7.05 Å². The Morgan fingerprint density at radius 1 is 1.58 bits per heavy atom. The highest BCUT2D eigenvalue weighted by Gasteiger charge is 2.12. The molecule has 0 aliphatic carbocycles. The van der Waals surface area contributed by atoms with Crippen LogP contribution >= 0.6 is 0 Å². The molecule has 1 amide bonds. The first-order chi connectivity index (χ1) is 8.97. The molecule has 5 N–H and O–H groups in total. The molecule has 0 saturated heterocycles. The van der Waals surface area contributed by atoms with Crippen LogP contribution in [0.3, 0.4) is 0 Å². The molecule has 0 fully saturated rings. The van der Waals surface area contributed by atoms with E-state index < -0.39 is 0 Å². The van der Waals surface area contributed by atoms with E-state index in [2.05, 4.69) is 20.9 Å². The molecule has 1 aromatic heterocycles. The van der Waals surface area contributed by atoms with Crippen molar-refractivity contribution in [1.29, 1.82) is 0 Å². The second-order valence-corrected chi connectivity index (χ2v) is 4.35. The largest absolute Gasteiger partial charge is 0.397 e. The summed E-state index contributed by atoms with van der Waals surface area (Å²) in [5.74, 6) is 0.539. The molecule has 1 heterocycles. The van der Waals surface area contributed by atoms with Gasteiger partial charge >= 0.3 is 0 Å². The molecule has 0 bridgehead atoms. The molecule has 1 rings (SSSR count). The summed E-state index contributed by atoms with van der Waals surface area (Å²) in [5.41, 5.74) is 6.76. The molecule has 0 aliphatic rings. The monoisotopic (exact) mass is 266 g/mol. The summed E-state index contributed by atoms with van der Waals surface area (Å²) >= 11 is 0. The maximum absolute atomic E-state index is 11.9. The number of nitrogens with zero attached hydrogens (tertiary/aromatic N) is 2. The Bertz CT molecular complexity index is 465. The molecule has 7 nitrogen and oxygen atoms in total. The lowest BCUT2D eigenvalue weighted by atomic mass is 10.3. The quantitative estimate of drug-likeness (QED) is 0.437. The van der Waals surface area contributed by atoms with Crippen molar-refractivity contribution < 1.29 is 4.79 Å². The molecule has 106 valence electrons. The van der Waals surface area contributed by atoms with E-state index in [1.54, 1.807) is 38.0 Å². The first-order valence-corrected chi connectivity index (χ1v) is 6.09. The smallest absolute Gasteiger partial charge is 0.268 e. The first kappa shape index (κ1) is 14.9. The number of carbonyl (C=O) groups excluding carboxylic acids is 1. The van der Waals surface area contributed by atoms with Crippen LogP contribution in [0.4, 0.5) is 5.69 Å². The summed E-state index contributed by atoms with van der Waals surface area (Å²) < 4.78 is 1.70. The summed E-state index contributed by atoms with van der Waals surface area (Å²) in [4.78, 5) is 16.0. The number of carbonyl (C=O) groups is 1. The second-order valence-electron chi connectivity index (χ2n) is 4.35. The van der Waals surface area contributed by atoms with Gasteiger partial charge in [-0.05, 0) is 13.0 Å². The number of nitrogen functional groups attached to an aromatic ring is 1. The van der Waals surface area contributed by atoms with E-state index in [1.807, 2.05) is 6.92 Å². The van der Waals surface area contributed by atoms with E-state index in [-0.39, 0.29) is 11.9 Å². The van der Waals surface area contributed by atoms with Crippen LogP contribution in [-0.4, -0.2) is 43.1 Å². The lowest BCUT2D eigenvalue weighted by Gasteiger charge is -2.17. The Kier molecular flexibility index (Phi) is 5.23. The minimum Gasteiger partial charge on any atom is -0.397 e. The molecule has 1 aromatic rings. The molecule has 1 unspecified atom stereocenters. The van der Waals surface area contributed by atoms with Gasteiger partial charge in [0.05, 0.1) is 5.69 Å². The third kappa shape index (κ3) is 4.20. The zero-order chi connectivity index (χ0) is 14.4. The molecule has 0 saturated carbocycles. The number of amides is 1. The Morgan fingerprint density at radius 2 is 2.26 bits per heavy atom. The van der Waals surface area contributed by atoms with Crippen molar-refractivity contribution in [2.24, 2.45) is 12.0 Å². The van der Waals surface area contributed by atoms with Crippen molar-refractivity contribution in [1.82, 2.24) is 20.5 Å². The van der Waals surface area contributed by atoms with Gasteiger partial charge in [-0.15, -0.1) is 0 Å². The number of aryl methyl sites for hydroxylation is 1. The number of hydrogen-bond acceptors (Lipinski definition) is 3. The Hall–Kier alpha value is -2.18. The number of anilines is 1. The Morgan fingerprint density at radius 3 is 2.74 bits per heavy atom. The predicted octanol–water partition coefficient (Wildman–Crippen LogP) is -0.480. The molecule has 1 atom stereocenters. The van der Waals surface area contributed by atoms with Crippen LogP contribution in [0.2, 0.25) is 0 Å². The number of hydrogen-bond donors (Lipinski definition) is 4. The topological polar surface area (TPSA) is 96.5 Å². The molecule has 0 aromatic carbocycles. The molecule has 7 heteroatoms. The van der Waals surface area contributed by atoms with Gasteiger partial charge in [0.25, 0.3) is 5.91 Å². The molecule has 0 aliphatic heterocycles. The average Bonchev–Trinajstić information content (AvgIpc) is 2.72. The van der Waals surface area contributed by atoms with Crippen LogP contribution in [0.1, 0.15) is 17.4 Å². The zero-order valence-corrected chi connectivity index (χ0v) is 11.8. The number of aromatic nitrogens is 1. The van der Waals surface area contributed by atoms with Gasteiger partial charge in [-0.2, -0.15) is 0 Å². The number of aliphatic imine (C=N–C) groups is 1. The molecule has 0 spiro atoms. The van der Waals surface area contributed by atoms with Gasteiger partial charge in [0.2, 0.25) is 0 Å². The van der Waals surface area contributed by atoms with Crippen LogP contribution < -0.4 is 21.7 Å². The second kappa shape index (κ2) is 6.67. The maximum atomic E-state index is 11.9. The predicted molar refractivity (Wildman–Crippen MR) is 77.2 cm³/mol. The SMILES string of the molecule is CN=C(NC)NC(C)CNC(=O)c1cc(N)cn1C. The first-order valence-electron chi connectivity index (χ1n) is 6.09. The molecule has 0 radical (unpaired) electrons. The van der Waals surface area contributed by atoms with Crippen LogP contribution in [0.25, 0.3) is 0 Å². The fourth-order valence-electron chi connectivity index (χ4n) is 1.69. The van der Waals surface area contributed by atoms with Gasteiger partial charge in [-0.25, -0.2) is 0 Å². The van der Waals surface area contributed by atoms with Gasteiger partial charge in [0.1, 0.15) is 5.69 Å². The van der Waals surface area contributed by atoms with E-state index in [1.165, 1.54) is 0 Å². The summed E-state index contributed by atoms with van der Waals surface area (Å²) in [6.07, 6.45) is 1.71. The summed E-state index contributed by atoms with van der Waals surface area (Å²) in [6.45, 7) is 2.45. The minimum atomic E-state index is -0.146. The molecule has 19 heavy (non-hydrogen) atoms. The van der Waals surface area contributed by atoms with Crippen molar-refractivity contribution in [2.75, 3.05) is 26.4 Å². The highest BCUT2D eigenvalue weighted by atomic mass is 16.1. The van der Waals surface area contributed by atoms with Crippen LogP contribution in [0, 0.1) is 0 Å². The Labute approximate surface area is 113 Å². The van der Waals surface area contributed by atoms with Crippen molar-refractivity contribution >= 4 is 17.6 Å². The van der Waals surface area contributed by atoms with Crippen LogP contribution in [0.5, 0.6) is 0 Å². The van der Waals surface area contributed by atoms with Gasteiger partial charge in [0, 0.05) is 39.9 Å². The summed E-state index contributed by atoms with van der Waals surface area (Å²) in [7, 11) is 5.26. The molecular formula is C12H22N6O. The van der Waals surface area contributed by atoms with Gasteiger partial charge in [-0.1, -0.05) is 0 Å². The van der Waals surface area contributed by atoms with Gasteiger partial charge in [0.15, 0.2) is 5.96 Å². The summed E-state index contributed by atoms with van der Waals surface area (Å²) in [6, 6.07) is 1.72. The lowest BCUT2D eigenvalue weighted by molar-refractivity contribution is 0.0943. The highest BCUT2D eigenvalue weighted by Crippen LogP contribution is 2.08. The third-order valence-corrected chi connectivity index (χ3v) is 2.67. The summed E-state index contributed by atoms with van der Waals surface area (Å²) in [5, 5.41) is 8.90. The van der Waals surface area contributed by atoms with Crippen molar-refractivity contribution in [3.63, 3.8) is 0 Å². The molecular weight excluding hydrogens is 244 g/mol. The average molecular weight is 266 g/mol. The maximum Gasteiger partial charge on any atom is 0.268 e. The van der Waals surface area contributed by atoms with E-state index in [9.17, 15) is 4.79 Å². The van der Waals surface area contributed by atoms with E-state index in [0.29, 0.717) is 23.9 Å². The van der Waals surface area contributed by atoms with Crippen LogP contribution in [0.15, 0.2) is 17.3 Å². The number of nitrogens with one attached hydrogen (secondary N) is 3. The van der Waals surface area contributed by atoms with Crippen molar-refractivity contribution in [2.45, 2.75) is 13.0 Å². The number of nitrogens with two attached hydrogens (primary N) is 1. The van der Waals surface area contributed by atoms with Gasteiger partial charge < -0.3 is 26.3 Å². The van der Waals surface area contributed by atoms with Crippen molar-refractivity contribution in [3.8, 4) is 0 Å². The lowest BCUT2D eigenvalue weighted by Crippen LogP contribution is -2.46. The fourth-order valence-corrected chi connectivity index (χ4v) is 1.69. The highest BCUT2D eigenvalue weighted by molar-refractivity contribution is 5.93. The fraction of sp³-hybridized carbons (Fsp3) is 0.500. The van der Waals surface area contributed by atoms with E-state index in [4.69, 9.17) is 5.73 Å². The minimum absolute atomic E-state index is 0.0627. The number of guanidine groups is 1. The third-order valence-electron chi connectivity index (χ3n) is 2.67. The van der Waals surface area contributed by atoms with Gasteiger partial charge in [-0.3, -0.25) is 9.79 Å². The van der Waals surface area contributed by atoms with E-state index >= 15 is 0 Å². The standard InChI is InChI=1S/C12H22N6O/c1-8(17-12(14-2)15-3)6-16-11(19)10-5-9(13)7-18(10)4/h5,7-8H,6,13H2,1-4H3,(H,16,19)(H2,14,15,17). The Balaban J connectivity index is 2.48.